The van der Waals surface area contributed by atoms with Crippen molar-refractivity contribution in [1.29, 1.82) is 0 Å². The largest absolute Gasteiger partial charge is 0.440 e. The lowest BCUT2D eigenvalue weighted by Crippen LogP contribution is -2.39. The number of hydrogen-bond acceptors (Lipinski definition) is 4. The van der Waals surface area contributed by atoms with Gasteiger partial charge in [-0.05, 0) is 44.0 Å². The zero-order valence-corrected chi connectivity index (χ0v) is 13.9. The van der Waals surface area contributed by atoms with Gasteiger partial charge in [0.05, 0.1) is 11.6 Å². The molecule has 1 aliphatic rings. The number of pyridine rings is 1. The first-order valence-corrected chi connectivity index (χ1v) is 8.40. The number of aryl methyl sites for hydroxylation is 1. The van der Waals surface area contributed by atoms with Gasteiger partial charge < -0.3 is 9.32 Å². The number of amides is 1. The fourth-order valence-corrected chi connectivity index (χ4v) is 3.25. The minimum Gasteiger partial charge on any atom is -0.440 e. The van der Waals surface area contributed by atoms with Gasteiger partial charge in [0.2, 0.25) is 0 Å². The summed E-state index contributed by atoms with van der Waals surface area (Å²) in [6, 6.07) is 10.4. The molecule has 0 saturated carbocycles. The number of para-hydroxylation sites is 2. The molecule has 4 rings (SSSR count). The Morgan fingerprint density at radius 3 is 2.88 bits per heavy atom. The number of benzene rings is 1. The lowest BCUT2D eigenvalue weighted by atomic mass is 9.97. The SMILES string of the molecule is Cc1nc(C(=O)N2CCCC(c3nc4ccccc4o3)C2)ccc1F. The number of fused-ring (bicyclic) bond motifs is 1. The summed E-state index contributed by atoms with van der Waals surface area (Å²) in [5, 5.41) is 0. The highest BCUT2D eigenvalue weighted by molar-refractivity contribution is 5.92. The van der Waals surface area contributed by atoms with Crippen molar-refractivity contribution in [3.8, 4) is 0 Å². The van der Waals surface area contributed by atoms with Crippen LogP contribution in [0.15, 0.2) is 40.8 Å². The van der Waals surface area contributed by atoms with E-state index in [0.717, 1.165) is 23.9 Å². The maximum Gasteiger partial charge on any atom is 0.272 e. The fraction of sp³-hybridized carbons (Fsp3) is 0.316. The third-order valence-electron chi connectivity index (χ3n) is 4.61. The number of likely N-dealkylation sites (tertiary alicyclic amines) is 1. The van der Waals surface area contributed by atoms with Gasteiger partial charge in [0.15, 0.2) is 11.5 Å². The molecule has 1 fully saturated rings. The Morgan fingerprint density at radius 2 is 2.08 bits per heavy atom. The lowest BCUT2D eigenvalue weighted by Gasteiger charge is -2.31. The standard InChI is InChI=1S/C19H18FN3O2/c1-12-14(20)8-9-16(21-12)19(24)23-10-4-5-13(11-23)18-22-15-6-2-3-7-17(15)25-18/h2-3,6-9,13H,4-5,10-11H2,1H3. The van der Waals surface area contributed by atoms with E-state index in [-0.39, 0.29) is 23.2 Å². The molecule has 6 heteroatoms. The molecule has 128 valence electrons. The Hall–Kier alpha value is -2.76. The van der Waals surface area contributed by atoms with Gasteiger partial charge in [0, 0.05) is 13.1 Å². The zero-order valence-electron chi connectivity index (χ0n) is 13.9. The summed E-state index contributed by atoms with van der Waals surface area (Å²) in [5.41, 5.74) is 2.10. The molecule has 0 bridgehead atoms. The Kier molecular flexibility index (Phi) is 3.95. The van der Waals surface area contributed by atoms with Gasteiger partial charge in [-0.25, -0.2) is 14.4 Å². The van der Waals surface area contributed by atoms with Crippen LogP contribution in [0.3, 0.4) is 0 Å². The van der Waals surface area contributed by atoms with Crippen LogP contribution in [0, 0.1) is 12.7 Å². The number of halogens is 1. The van der Waals surface area contributed by atoms with Crippen molar-refractivity contribution in [2.24, 2.45) is 0 Å². The van der Waals surface area contributed by atoms with E-state index in [2.05, 4.69) is 9.97 Å². The zero-order chi connectivity index (χ0) is 17.4. The predicted molar refractivity (Wildman–Crippen MR) is 90.8 cm³/mol. The van der Waals surface area contributed by atoms with Gasteiger partial charge in [-0.15, -0.1) is 0 Å². The molecule has 1 saturated heterocycles. The summed E-state index contributed by atoms with van der Waals surface area (Å²) in [7, 11) is 0. The predicted octanol–water partition coefficient (Wildman–Crippen LogP) is 3.69. The number of nitrogens with zero attached hydrogens (tertiary/aromatic N) is 3. The summed E-state index contributed by atoms with van der Waals surface area (Å²) >= 11 is 0. The highest BCUT2D eigenvalue weighted by atomic mass is 19.1. The Bertz CT molecular complexity index is 904. The summed E-state index contributed by atoms with van der Waals surface area (Å²) in [4.78, 5) is 23.1. The average molecular weight is 339 g/mol. The molecule has 0 spiro atoms. The molecule has 1 amide bonds. The molecule has 25 heavy (non-hydrogen) atoms. The highest BCUT2D eigenvalue weighted by Gasteiger charge is 2.29. The molecule has 0 radical (unpaired) electrons. The van der Waals surface area contributed by atoms with Crippen molar-refractivity contribution in [2.75, 3.05) is 13.1 Å². The van der Waals surface area contributed by atoms with Crippen LogP contribution < -0.4 is 0 Å². The molecule has 0 aliphatic carbocycles. The minimum atomic E-state index is -0.403. The maximum absolute atomic E-state index is 13.4. The third kappa shape index (κ3) is 2.99. The van der Waals surface area contributed by atoms with E-state index in [1.807, 2.05) is 24.3 Å². The molecular formula is C19H18FN3O2. The maximum atomic E-state index is 13.4. The van der Waals surface area contributed by atoms with Crippen molar-refractivity contribution in [2.45, 2.75) is 25.7 Å². The lowest BCUT2D eigenvalue weighted by molar-refractivity contribution is 0.0692. The summed E-state index contributed by atoms with van der Waals surface area (Å²) in [6.07, 6.45) is 1.79. The van der Waals surface area contributed by atoms with Gasteiger partial charge >= 0.3 is 0 Å². The summed E-state index contributed by atoms with van der Waals surface area (Å²) in [6.45, 7) is 2.75. The molecular weight excluding hydrogens is 321 g/mol. The number of oxazole rings is 1. The van der Waals surface area contributed by atoms with E-state index in [9.17, 15) is 9.18 Å². The number of aromatic nitrogens is 2. The van der Waals surface area contributed by atoms with Crippen molar-refractivity contribution in [3.05, 3.63) is 59.5 Å². The van der Waals surface area contributed by atoms with E-state index in [0.29, 0.717) is 19.0 Å². The van der Waals surface area contributed by atoms with Crippen LogP contribution in [0.5, 0.6) is 0 Å². The molecule has 3 heterocycles. The van der Waals surface area contributed by atoms with Crippen molar-refractivity contribution in [3.63, 3.8) is 0 Å². The summed E-state index contributed by atoms with van der Waals surface area (Å²) < 4.78 is 19.2. The number of piperidine rings is 1. The van der Waals surface area contributed by atoms with Crippen LogP contribution in [-0.4, -0.2) is 33.9 Å². The number of rotatable bonds is 2. The van der Waals surface area contributed by atoms with E-state index in [1.54, 1.807) is 11.8 Å². The number of hydrogen-bond donors (Lipinski definition) is 0. The van der Waals surface area contributed by atoms with Gasteiger partial charge in [0.25, 0.3) is 5.91 Å². The van der Waals surface area contributed by atoms with E-state index in [4.69, 9.17) is 4.42 Å². The van der Waals surface area contributed by atoms with Gasteiger partial charge in [-0.1, -0.05) is 12.1 Å². The molecule has 3 aromatic rings. The highest BCUT2D eigenvalue weighted by Crippen LogP contribution is 2.29. The van der Waals surface area contributed by atoms with E-state index < -0.39 is 5.82 Å². The molecule has 5 nitrogen and oxygen atoms in total. The molecule has 1 atom stereocenters. The first-order chi connectivity index (χ1) is 12.1. The second kappa shape index (κ2) is 6.27. The molecule has 1 aromatic carbocycles. The van der Waals surface area contributed by atoms with Gasteiger partial charge in [0.1, 0.15) is 17.0 Å². The Morgan fingerprint density at radius 1 is 1.24 bits per heavy atom. The first kappa shape index (κ1) is 15.7. The third-order valence-corrected chi connectivity index (χ3v) is 4.61. The Balaban J connectivity index is 1.55. The van der Waals surface area contributed by atoms with Crippen molar-refractivity contribution in [1.82, 2.24) is 14.9 Å². The minimum absolute atomic E-state index is 0.0617. The normalized spacial score (nSPS) is 17.8. The number of carbonyl (C=O) groups excluding carboxylic acids is 1. The second-order valence-corrected chi connectivity index (χ2v) is 6.37. The summed E-state index contributed by atoms with van der Waals surface area (Å²) in [5.74, 6) is 0.150. The topological polar surface area (TPSA) is 59.2 Å². The molecule has 1 aliphatic heterocycles. The molecule has 1 unspecified atom stereocenters. The fourth-order valence-electron chi connectivity index (χ4n) is 3.25. The van der Waals surface area contributed by atoms with Crippen molar-refractivity contribution >= 4 is 17.0 Å². The molecule has 0 N–H and O–H groups in total. The average Bonchev–Trinajstić information content (AvgIpc) is 3.08. The quantitative estimate of drug-likeness (QED) is 0.714. The van der Waals surface area contributed by atoms with Crippen LogP contribution in [-0.2, 0) is 0 Å². The van der Waals surface area contributed by atoms with Crippen molar-refractivity contribution < 1.29 is 13.6 Å². The van der Waals surface area contributed by atoms with E-state index in [1.165, 1.54) is 12.1 Å². The first-order valence-electron chi connectivity index (χ1n) is 8.40. The van der Waals surface area contributed by atoms with Crippen LogP contribution in [0.2, 0.25) is 0 Å². The van der Waals surface area contributed by atoms with Crippen LogP contribution in [0.4, 0.5) is 4.39 Å². The van der Waals surface area contributed by atoms with Crippen LogP contribution in [0.1, 0.15) is 40.8 Å². The Labute approximate surface area is 144 Å². The van der Waals surface area contributed by atoms with Crippen LogP contribution >= 0.6 is 0 Å². The van der Waals surface area contributed by atoms with Gasteiger partial charge in [-0.2, -0.15) is 0 Å². The second-order valence-electron chi connectivity index (χ2n) is 6.37. The van der Waals surface area contributed by atoms with E-state index >= 15 is 0 Å². The molecule has 2 aromatic heterocycles. The van der Waals surface area contributed by atoms with Crippen LogP contribution in [0.25, 0.3) is 11.1 Å². The van der Waals surface area contributed by atoms with Gasteiger partial charge in [-0.3, -0.25) is 4.79 Å². The monoisotopic (exact) mass is 339 g/mol. The smallest absolute Gasteiger partial charge is 0.272 e. The number of carbonyl (C=O) groups is 1.